The van der Waals surface area contributed by atoms with E-state index in [2.05, 4.69) is 35.6 Å². The monoisotopic (exact) mass is 484 g/mol. The topological polar surface area (TPSA) is 49.4 Å². The molecule has 1 unspecified atom stereocenters. The Bertz CT molecular complexity index is 1270. The molecule has 1 N–H and O–H groups in total. The van der Waals surface area contributed by atoms with Gasteiger partial charge in [0.05, 0.1) is 16.0 Å². The van der Waals surface area contributed by atoms with E-state index in [1.807, 2.05) is 46.7 Å². The average Bonchev–Trinajstić information content (AvgIpc) is 3.41. The molecule has 34 heavy (non-hydrogen) atoms. The van der Waals surface area contributed by atoms with E-state index in [9.17, 15) is 9.59 Å². The number of rotatable bonds is 6. The van der Waals surface area contributed by atoms with E-state index < -0.39 is 0 Å². The van der Waals surface area contributed by atoms with Gasteiger partial charge in [0.1, 0.15) is 0 Å². The lowest BCUT2D eigenvalue weighted by Crippen LogP contribution is -2.38. The fraction of sp³-hybridized carbons (Fsp3) is 0.143. The summed E-state index contributed by atoms with van der Waals surface area (Å²) in [6.45, 7) is 0.576. The van der Waals surface area contributed by atoms with Crippen LogP contribution in [0.25, 0.3) is 0 Å². The molecule has 4 nitrogen and oxygen atoms in total. The summed E-state index contributed by atoms with van der Waals surface area (Å²) in [6.07, 6.45) is 0.794. The van der Waals surface area contributed by atoms with Gasteiger partial charge in [-0.3, -0.25) is 9.59 Å². The maximum absolute atomic E-state index is 13.6. The summed E-state index contributed by atoms with van der Waals surface area (Å²) in [7, 11) is 0. The first-order chi connectivity index (χ1) is 16.7. The third-order valence-electron chi connectivity index (χ3n) is 5.95. The van der Waals surface area contributed by atoms with E-state index in [0.717, 1.165) is 16.2 Å². The van der Waals surface area contributed by atoms with Crippen LogP contribution in [0, 0.1) is 0 Å². The second-order valence-electron chi connectivity index (χ2n) is 8.18. The summed E-state index contributed by atoms with van der Waals surface area (Å²) in [4.78, 5) is 27.8. The molecule has 2 amide bonds. The minimum absolute atomic E-state index is 0.00511. The van der Waals surface area contributed by atoms with Crippen LogP contribution in [0.1, 0.15) is 33.1 Å². The van der Waals surface area contributed by atoms with Gasteiger partial charge in [-0.25, -0.2) is 0 Å². The van der Waals surface area contributed by atoms with Crippen LogP contribution in [0.3, 0.4) is 0 Å². The molecular weight excluding hydrogens is 460 g/mol. The molecule has 6 heteroatoms. The van der Waals surface area contributed by atoms with Crippen molar-refractivity contribution in [1.82, 2.24) is 4.90 Å². The Morgan fingerprint density at radius 1 is 0.882 bits per heavy atom. The third-order valence-corrected chi connectivity index (χ3v) is 8.08. The van der Waals surface area contributed by atoms with Crippen molar-refractivity contribution in [1.29, 1.82) is 0 Å². The normalized spacial score (nSPS) is 14.9. The van der Waals surface area contributed by atoms with Gasteiger partial charge in [0.25, 0.3) is 5.91 Å². The molecule has 0 aliphatic carbocycles. The van der Waals surface area contributed by atoms with E-state index >= 15 is 0 Å². The van der Waals surface area contributed by atoms with E-state index in [1.165, 1.54) is 22.9 Å². The van der Waals surface area contributed by atoms with E-state index in [-0.39, 0.29) is 17.9 Å². The molecule has 1 aliphatic heterocycles. The third kappa shape index (κ3) is 5.08. The summed E-state index contributed by atoms with van der Waals surface area (Å²) in [5.41, 5.74) is 4.93. The van der Waals surface area contributed by atoms with Crippen molar-refractivity contribution in [2.24, 2.45) is 0 Å². The van der Waals surface area contributed by atoms with Gasteiger partial charge in [0, 0.05) is 17.8 Å². The molecule has 2 heterocycles. The minimum atomic E-state index is -0.0609. The zero-order chi connectivity index (χ0) is 23.3. The molecule has 4 aromatic rings. The molecule has 3 aromatic carbocycles. The van der Waals surface area contributed by atoms with Gasteiger partial charge >= 0.3 is 0 Å². The SMILES string of the molecule is O=C(CSc1cccs1)Nc1ccc(C(=O)N2Cc3ccccc3CC2c2ccccc2)cc1. The number of carbonyl (C=O) groups is 2. The highest BCUT2D eigenvalue weighted by Crippen LogP contribution is 2.34. The molecule has 0 bridgehead atoms. The van der Waals surface area contributed by atoms with Crippen LogP contribution in [0.15, 0.2) is 101 Å². The average molecular weight is 485 g/mol. The predicted molar refractivity (Wildman–Crippen MR) is 139 cm³/mol. The van der Waals surface area contributed by atoms with Crippen LogP contribution in [-0.2, 0) is 17.8 Å². The molecule has 1 aliphatic rings. The van der Waals surface area contributed by atoms with E-state index in [4.69, 9.17) is 0 Å². The smallest absolute Gasteiger partial charge is 0.254 e. The van der Waals surface area contributed by atoms with Gasteiger partial charge in [-0.1, -0.05) is 60.7 Å². The van der Waals surface area contributed by atoms with Crippen LogP contribution in [0.5, 0.6) is 0 Å². The molecule has 170 valence electrons. The maximum atomic E-state index is 13.6. The highest BCUT2D eigenvalue weighted by Gasteiger charge is 2.31. The number of nitrogens with zero attached hydrogens (tertiary/aromatic N) is 1. The molecule has 1 atom stereocenters. The Hall–Kier alpha value is -3.35. The second kappa shape index (κ2) is 10.3. The second-order valence-corrected chi connectivity index (χ2v) is 10.4. The summed E-state index contributed by atoms with van der Waals surface area (Å²) >= 11 is 3.14. The standard InChI is InChI=1S/C28H24N2O2S2/c31-26(19-34-27-11-6-16-33-27)29-24-14-12-21(13-15-24)28(32)30-18-23-10-5-4-9-22(23)17-25(30)20-7-2-1-3-8-20/h1-16,25H,17-19H2,(H,29,31). The number of carbonyl (C=O) groups excluding carboxylic acids is 2. The van der Waals surface area contributed by atoms with E-state index in [0.29, 0.717) is 23.5 Å². The first-order valence-corrected chi connectivity index (χ1v) is 13.0. The van der Waals surface area contributed by atoms with Crippen molar-refractivity contribution in [2.45, 2.75) is 23.2 Å². The molecule has 0 saturated heterocycles. The number of anilines is 1. The zero-order valence-electron chi connectivity index (χ0n) is 18.5. The van der Waals surface area contributed by atoms with Gasteiger partial charge in [-0.2, -0.15) is 0 Å². The Labute approximate surface area is 207 Å². The molecule has 1 aromatic heterocycles. The zero-order valence-corrected chi connectivity index (χ0v) is 20.1. The number of thioether (sulfide) groups is 1. The number of nitrogens with one attached hydrogen (secondary N) is 1. The van der Waals surface area contributed by atoms with Crippen molar-refractivity contribution in [3.63, 3.8) is 0 Å². The summed E-state index contributed by atoms with van der Waals surface area (Å²) in [5.74, 6) is 0.288. The van der Waals surface area contributed by atoms with Crippen LogP contribution in [-0.4, -0.2) is 22.5 Å². The van der Waals surface area contributed by atoms with Crippen molar-refractivity contribution in [2.75, 3.05) is 11.1 Å². The summed E-state index contributed by atoms with van der Waals surface area (Å²) in [6, 6.07) is 29.7. The quantitative estimate of drug-likeness (QED) is 0.321. The van der Waals surface area contributed by atoms with Gasteiger partial charge < -0.3 is 10.2 Å². The van der Waals surface area contributed by atoms with Gasteiger partial charge in [-0.05, 0) is 58.8 Å². The molecule has 0 fully saturated rings. The number of hydrogen-bond donors (Lipinski definition) is 1. The molecular formula is C28H24N2O2S2. The first kappa shape index (κ1) is 22.4. The minimum Gasteiger partial charge on any atom is -0.327 e. The summed E-state index contributed by atoms with van der Waals surface area (Å²) in [5, 5.41) is 4.92. The number of thiophene rings is 1. The lowest BCUT2D eigenvalue weighted by Gasteiger charge is -2.37. The molecule has 0 spiro atoms. The Kier molecular flexibility index (Phi) is 6.79. The lowest BCUT2D eigenvalue weighted by atomic mass is 9.89. The maximum Gasteiger partial charge on any atom is 0.254 e. The van der Waals surface area contributed by atoms with Crippen molar-refractivity contribution < 1.29 is 9.59 Å². The predicted octanol–water partition coefficient (Wildman–Crippen LogP) is 6.42. The van der Waals surface area contributed by atoms with Crippen molar-refractivity contribution in [3.8, 4) is 0 Å². The van der Waals surface area contributed by atoms with Crippen molar-refractivity contribution >= 4 is 40.6 Å². The van der Waals surface area contributed by atoms with Gasteiger partial charge in [0.2, 0.25) is 5.91 Å². The highest BCUT2D eigenvalue weighted by molar-refractivity contribution is 8.01. The summed E-state index contributed by atoms with van der Waals surface area (Å²) < 4.78 is 1.12. The van der Waals surface area contributed by atoms with Crippen LogP contribution < -0.4 is 5.32 Å². The van der Waals surface area contributed by atoms with Gasteiger partial charge in [-0.15, -0.1) is 23.1 Å². The number of fused-ring (bicyclic) bond motifs is 1. The van der Waals surface area contributed by atoms with Crippen LogP contribution in [0.4, 0.5) is 5.69 Å². The fourth-order valence-corrected chi connectivity index (χ4v) is 5.84. The number of hydrogen-bond acceptors (Lipinski definition) is 4. The van der Waals surface area contributed by atoms with E-state index in [1.54, 1.807) is 35.6 Å². The molecule has 0 radical (unpaired) electrons. The first-order valence-electron chi connectivity index (χ1n) is 11.2. The lowest BCUT2D eigenvalue weighted by molar-refractivity contribution is -0.113. The van der Waals surface area contributed by atoms with Crippen LogP contribution in [0.2, 0.25) is 0 Å². The number of amides is 2. The molecule has 0 saturated carbocycles. The number of benzene rings is 3. The Balaban J connectivity index is 1.30. The van der Waals surface area contributed by atoms with Crippen LogP contribution >= 0.6 is 23.1 Å². The largest absolute Gasteiger partial charge is 0.327 e. The fourth-order valence-electron chi connectivity index (χ4n) is 4.25. The Morgan fingerprint density at radius 2 is 1.62 bits per heavy atom. The highest BCUT2D eigenvalue weighted by atomic mass is 32.2. The Morgan fingerprint density at radius 3 is 2.35 bits per heavy atom. The molecule has 5 rings (SSSR count). The van der Waals surface area contributed by atoms with Gasteiger partial charge in [0.15, 0.2) is 0 Å². The van der Waals surface area contributed by atoms with Crippen molar-refractivity contribution in [3.05, 3.63) is 119 Å².